The molecule has 3 aromatic carbocycles. The van der Waals surface area contributed by atoms with Gasteiger partial charge in [-0.05, 0) is 73.3 Å². The van der Waals surface area contributed by atoms with Crippen LogP contribution in [0.1, 0.15) is 43.2 Å². The van der Waals surface area contributed by atoms with Crippen molar-refractivity contribution in [1.29, 1.82) is 0 Å². The van der Waals surface area contributed by atoms with E-state index in [0.29, 0.717) is 29.5 Å². The number of anilines is 1. The molecule has 6 rings (SSSR count). The van der Waals surface area contributed by atoms with Crippen molar-refractivity contribution < 1.29 is 23.5 Å². The minimum Gasteiger partial charge on any atom is -0.494 e. The summed E-state index contributed by atoms with van der Waals surface area (Å²) in [6, 6.07) is 14.6. The van der Waals surface area contributed by atoms with E-state index in [0.717, 1.165) is 70.0 Å². The number of para-hydroxylation sites is 1. The molecule has 9 nitrogen and oxygen atoms in total. The van der Waals surface area contributed by atoms with Gasteiger partial charge in [0.25, 0.3) is 0 Å². The van der Waals surface area contributed by atoms with Gasteiger partial charge < -0.3 is 30.1 Å². The molecule has 0 aliphatic carbocycles. The molecule has 1 aliphatic rings. The molecule has 1 saturated heterocycles. The van der Waals surface area contributed by atoms with Gasteiger partial charge in [-0.2, -0.15) is 0 Å². The number of carbonyl (C=O) groups excluding carboxylic acids is 2. The van der Waals surface area contributed by atoms with Gasteiger partial charge in [0.05, 0.1) is 20.8 Å². The average Bonchev–Trinajstić information content (AvgIpc) is 3.68. The molecule has 0 unspecified atom stereocenters. The Morgan fingerprint density at radius 2 is 1.71 bits per heavy atom. The number of likely N-dealkylation sites (tertiary alicyclic amines) is 1. The molecular formula is C35H38FN5O4. The number of aromatic amines is 2. The Labute approximate surface area is 261 Å². The summed E-state index contributed by atoms with van der Waals surface area (Å²) >= 11 is 0. The van der Waals surface area contributed by atoms with E-state index in [-0.39, 0.29) is 30.7 Å². The van der Waals surface area contributed by atoms with Crippen molar-refractivity contribution in [2.24, 2.45) is 0 Å². The van der Waals surface area contributed by atoms with Crippen LogP contribution in [0.3, 0.4) is 0 Å². The van der Waals surface area contributed by atoms with Crippen LogP contribution in [0.4, 0.5) is 10.1 Å². The number of ether oxygens (including phenoxy) is 2. The van der Waals surface area contributed by atoms with Crippen LogP contribution in [0, 0.1) is 5.82 Å². The van der Waals surface area contributed by atoms with Crippen LogP contribution in [0.15, 0.2) is 60.9 Å². The highest BCUT2D eigenvalue weighted by Gasteiger charge is 2.27. The largest absolute Gasteiger partial charge is 0.494 e. The van der Waals surface area contributed by atoms with Crippen LogP contribution < -0.4 is 20.1 Å². The van der Waals surface area contributed by atoms with Gasteiger partial charge in [0.2, 0.25) is 11.8 Å². The molecule has 0 radical (unpaired) electrons. The van der Waals surface area contributed by atoms with E-state index in [9.17, 15) is 14.0 Å². The number of amides is 2. The molecule has 4 N–H and O–H groups in total. The molecule has 0 saturated carbocycles. The zero-order valence-electron chi connectivity index (χ0n) is 25.8. The Hall–Kier alpha value is -4.83. The number of methoxy groups -OCH3 is 2. The summed E-state index contributed by atoms with van der Waals surface area (Å²) < 4.78 is 25.7. The quantitative estimate of drug-likeness (QED) is 0.148. The van der Waals surface area contributed by atoms with Gasteiger partial charge in [-0.3, -0.25) is 14.5 Å². The van der Waals surface area contributed by atoms with Crippen molar-refractivity contribution in [3.8, 4) is 22.6 Å². The van der Waals surface area contributed by atoms with Gasteiger partial charge in [-0.15, -0.1) is 0 Å². The number of rotatable bonds is 10. The third kappa shape index (κ3) is 6.10. The number of fused-ring (bicyclic) bond motifs is 2. The van der Waals surface area contributed by atoms with Gasteiger partial charge in [0, 0.05) is 58.3 Å². The molecule has 3 heterocycles. The van der Waals surface area contributed by atoms with Crippen molar-refractivity contribution in [3.05, 3.63) is 77.9 Å². The average molecular weight is 612 g/mol. The lowest BCUT2D eigenvalue weighted by molar-refractivity contribution is -0.121. The van der Waals surface area contributed by atoms with E-state index in [1.54, 1.807) is 26.4 Å². The summed E-state index contributed by atoms with van der Waals surface area (Å²) in [4.78, 5) is 34.4. The van der Waals surface area contributed by atoms with Crippen LogP contribution >= 0.6 is 0 Å². The SMILES string of the molecule is CCC(=O)NCc1cc(OC)c(NC(=O)CN2CCC(c3c[nH]c4ccc(F)cc34)CC2)c(OC)c1-c1c[nH]c2ccccc12. The van der Waals surface area contributed by atoms with Crippen LogP contribution in [-0.4, -0.2) is 60.5 Å². The molecule has 2 amide bonds. The lowest BCUT2D eigenvalue weighted by atomic mass is 9.89. The predicted octanol–water partition coefficient (Wildman–Crippen LogP) is 6.32. The fourth-order valence-electron chi connectivity index (χ4n) is 6.44. The number of nitrogens with zero attached hydrogens (tertiary/aromatic N) is 1. The fraction of sp³-hybridized carbons (Fsp3) is 0.314. The molecule has 0 bridgehead atoms. The van der Waals surface area contributed by atoms with E-state index in [1.165, 1.54) is 6.07 Å². The Morgan fingerprint density at radius 1 is 0.956 bits per heavy atom. The summed E-state index contributed by atoms with van der Waals surface area (Å²) in [6.45, 7) is 3.76. The summed E-state index contributed by atoms with van der Waals surface area (Å²) in [5.74, 6) is 0.690. The molecule has 1 aliphatic heterocycles. The minimum atomic E-state index is -0.241. The normalized spacial score (nSPS) is 14.1. The second-order valence-electron chi connectivity index (χ2n) is 11.4. The highest BCUT2D eigenvalue weighted by atomic mass is 19.1. The first-order valence-corrected chi connectivity index (χ1v) is 15.3. The number of H-pyrrole nitrogens is 2. The van der Waals surface area contributed by atoms with Crippen molar-refractivity contribution in [2.75, 3.05) is 39.2 Å². The van der Waals surface area contributed by atoms with Crippen LogP contribution in [0.2, 0.25) is 0 Å². The van der Waals surface area contributed by atoms with E-state index >= 15 is 0 Å². The van der Waals surface area contributed by atoms with Crippen LogP contribution in [0.5, 0.6) is 11.5 Å². The smallest absolute Gasteiger partial charge is 0.238 e. The maximum atomic E-state index is 13.9. The summed E-state index contributed by atoms with van der Waals surface area (Å²) in [7, 11) is 3.12. The van der Waals surface area contributed by atoms with Gasteiger partial charge >= 0.3 is 0 Å². The molecule has 0 atom stereocenters. The number of hydrogen-bond acceptors (Lipinski definition) is 5. The maximum Gasteiger partial charge on any atom is 0.238 e. The predicted molar refractivity (Wildman–Crippen MR) is 174 cm³/mol. The third-order valence-corrected chi connectivity index (χ3v) is 8.74. The first-order chi connectivity index (χ1) is 21.9. The molecule has 45 heavy (non-hydrogen) atoms. The summed E-state index contributed by atoms with van der Waals surface area (Å²) in [5, 5.41) is 7.96. The second kappa shape index (κ2) is 13.0. The van der Waals surface area contributed by atoms with Gasteiger partial charge in [-0.1, -0.05) is 25.1 Å². The van der Waals surface area contributed by atoms with Gasteiger partial charge in [-0.25, -0.2) is 4.39 Å². The van der Waals surface area contributed by atoms with E-state index < -0.39 is 0 Å². The van der Waals surface area contributed by atoms with E-state index in [1.807, 2.05) is 49.6 Å². The fourth-order valence-corrected chi connectivity index (χ4v) is 6.44. The number of hydrogen-bond donors (Lipinski definition) is 4. The van der Waals surface area contributed by atoms with E-state index in [2.05, 4.69) is 25.5 Å². The van der Waals surface area contributed by atoms with Crippen LogP contribution in [-0.2, 0) is 16.1 Å². The van der Waals surface area contributed by atoms with Crippen molar-refractivity contribution in [3.63, 3.8) is 0 Å². The molecule has 0 spiro atoms. The third-order valence-electron chi connectivity index (χ3n) is 8.74. The monoisotopic (exact) mass is 611 g/mol. The molecular weight excluding hydrogens is 573 g/mol. The molecule has 2 aromatic heterocycles. The Kier molecular flexibility index (Phi) is 8.75. The minimum absolute atomic E-state index is 0.0733. The number of piperidine rings is 1. The standard InChI is InChI=1S/C35H38FN5O4/c1-4-31(42)39-17-22-15-30(44-2)34(35(45-3)33(22)27-19-38-28-8-6-5-7-24(27)28)40-32(43)20-41-13-11-21(12-14-41)26-18-37-29-10-9-23(36)16-25(26)29/h5-10,15-16,18-19,21,37-38H,4,11-14,17,20H2,1-3H3,(H,39,42)(H,40,43). The zero-order chi connectivity index (χ0) is 31.5. The van der Waals surface area contributed by atoms with Crippen molar-refractivity contribution in [2.45, 2.75) is 38.6 Å². The highest BCUT2D eigenvalue weighted by Crippen LogP contribution is 2.47. The molecule has 234 valence electrons. The number of benzene rings is 3. The number of halogens is 1. The Balaban J connectivity index is 1.24. The first kappa shape index (κ1) is 30.2. The van der Waals surface area contributed by atoms with Crippen molar-refractivity contribution >= 4 is 39.3 Å². The Bertz CT molecular complexity index is 1850. The lowest BCUT2D eigenvalue weighted by Gasteiger charge is -2.31. The van der Waals surface area contributed by atoms with E-state index in [4.69, 9.17) is 9.47 Å². The maximum absolute atomic E-state index is 13.9. The van der Waals surface area contributed by atoms with Gasteiger partial charge in [0.15, 0.2) is 5.75 Å². The number of carbonyl (C=O) groups is 2. The van der Waals surface area contributed by atoms with Gasteiger partial charge in [0.1, 0.15) is 17.3 Å². The second-order valence-corrected chi connectivity index (χ2v) is 11.4. The van der Waals surface area contributed by atoms with Crippen molar-refractivity contribution in [1.82, 2.24) is 20.2 Å². The molecule has 1 fully saturated rings. The summed E-state index contributed by atoms with van der Waals surface area (Å²) in [6.07, 6.45) is 6.00. The zero-order valence-corrected chi connectivity index (χ0v) is 25.8. The van der Waals surface area contributed by atoms with Crippen LogP contribution in [0.25, 0.3) is 32.9 Å². The number of aromatic nitrogens is 2. The highest BCUT2D eigenvalue weighted by molar-refractivity contribution is 6.03. The molecule has 10 heteroatoms. The molecule has 5 aromatic rings. The Morgan fingerprint density at radius 3 is 2.47 bits per heavy atom. The topological polar surface area (TPSA) is 111 Å². The summed E-state index contributed by atoms with van der Waals surface area (Å²) in [5.41, 5.74) is 5.91. The lowest BCUT2D eigenvalue weighted by Crippen LogP contribution is -2.38. The first-order valence-electron chi connectivity index (χ1n) is 15.3. The number of nitrogens with one attached hydrogen (secondary N) is 4.